The van der Waals surface area contributed by atoms with Crippen molar-refractivity contribution in [3.8, 4) is 0 Å². The van der Waals surface area contributed by atoms with Crippen LogP contribution in [-0.2, 0) is 38.0 Å². The molecule has 0 radical (unpaired) electrons. The predicted octanol–water partition coefficient (Wildman–Crippen LogP) is 1.79. The number of esters is 1. The lowest BCUT2D eigenvalue weighted by molar-refractivity contribution is -0.318. The quantitative estimate of drug-likeness (QED) is 0.238. The molecule has 3 fully saturated rings. The van der Waals surface area contributed by atoms with E-state index in [2.05, 4.69) is 0 Å². The number of methoxy groups -OCH3 is 1. The Morgan fingerprint density at radius 3 is 2.04 bits per heavy atom. The maximum absolute atomic E-state index is 14.1. The van der Waals surface area contributed by atoms with Crippen LogP contribution < -0.4 is 0 Å². The number of hydrogen-bond donors (Lipinski definition) is 5. The normalized spacial score (nSPS) is 49.7. The fourth-order valence-electron chi connectivity index (χ4n) is 8.41. The molecule has 0 aromatic heterocycles. The van der Waals surface area contributed by atoms with E-state index in [1.165, 1.54) is 27.9 Å². The van der Waals surface area contributed by atoms with E-state index in [-0.39, 0.29) is 31.4 Å². The first-order valence-electron chi connectivity index (χ1n) is 18.5. The van der Waals surface area contributed by atoms with Gasteiger partial charge in [0.05, 0.1) is 47.6 Å². The number of rotatable bonds is 7. The van der Waals surface area contributed by atoms with Gasteiger partial charge in [0, 0.05) is 37.3 Å². The van der Waals surface area contributed by atoms with Crippen LogP contribution in [0.3, 0.4) is 0 Å². The van der Waals surface area contributed by atoms with Crippen molar-refractivity contribution >= 4 is 11.8 Å². The number of Topliss-reactive ketones (excluding diaryl/α,β-unsaturated/α-hetero) is 1. The molecule has 0 saturated carbocycles. The van der Waals surface area contributed by atoms with Crippen molar-refractivity contribution in [3.05, 3.63) is 0 Å². The summed E-state index contributed by atoms with van der Waals surface area (Å²) in [5.74, 6) is -4.98. The molecule has 3 rings (SSSR count). The number of cyclic esters (lactones) is 1. The lowest BCUT2D eigenvalue weighted by Crippen LogP contribution is -2.61. The molecule has 18 atom stereocenters. The van der Waals surface area contributed by atoms with E-state index in [0.29, 0.717) is 6.42 Å². The summed E-state index contributed by atoms with van der Waals surface area (Å²) in [5.41, 5.74) is -4.84. The summed E-state index contributed by atoms with van der Waals surface area (Å²) in [4.78, 5) is 29.8. The van der Waals surface area contributed by atoms with Crippen LogP contribution in [0, 0.1) is 23.7 Å². The van der Waals surface area contributed by atoms with E-state index in [0.717, 1.165) is 0 Å². The summed E-state index contributed by atoms with van der Waals surface area (Å²) >= 11 is 0. The van der Waals surface area contributed by atoms with Gasteiger partial charge >= 0.3 is 5.97 Å². The molecule has 51 heavy (non-hydrogen) atoms. The van der Waals surface area contributed by atoms with E-state index in [1.54, 1.807) is 41.5 Å². The largest absolute Gasteiger partial charge is 0.459 e. The van der Waals surface area contributed by atoms with Crippen molar-refractivity contribution < 1.29 is 63.5 Å². The number of hydrogen-bond acceptors (Lipinski definition) is 14. The van der Waals surface area contributed by atoms with Gasteiger partial charge in [-0.2, -0.15) is 0 Å². The van der Waals surface area contributed by atoms with Crippen LogP contribution >= 0.6 is 0 Å². The highest BCUT2D eigenvalue weighted by atomic mass is 16.7. The second-order valence-electron chi connectivity index (χ2n) is 16.5. The molecule has 0 bridgehead atoms. The fraction of sp³-hybridized carbons (Fsp3) is 0.946. The summed E-state index contributed by atoms with van der Waals surface area (Å²) < 4.78 is 37.1. The van der Waals surface area contributed by atoms with E-state index in [9.17, 15) is 35.1 Å². The molecule has 298 valence electrons. The Hall–Kier alpha value is -1.30. The van der Waals surface area contributed by atoms with E-state index in [4.69, 9.17) is 28.4 Å². The topological polar surface area (TPSA) is 194 Å². The van der Waals surface area contributed by atoms with Gasteiger partial charge in [0.1, 0.15) is 29.7 Å². The number of carbonyl (C=O) groups is 2. The molecule has 0 aliphatic carbocycles. The highest BCUT2D eigenvalue weighted by Gasteiger charge is 2.53. The number of carbonyl (C=O) groups excluding carboxylic acids is 2. The highest BCUT2D eigenvalue weighted by Crippen LogP contribution is 2.40. The molecule has 14 heteroatoms. The van der Waals surface area contributed by atoms with Crippen molar-refractivity contribution in [2.45, 2.75) is 179 Å². The maximum Gasteiger partial charge on any atom is 0.311 e. The van der Waals surface area contributed by atoms with Crippen molar-refractivity contribution in [2.75, 3.05) is 21.2 Å². The maximum atomic E-state index is 14.1. The molecule has 3 aliphatic heterocycles. The first-order chi connectivity index (χ1) is 23.4. The fourth-order valence-corrected chi connectivity index (χ4v) is 8.41. The Balaban J connectivity index is 2.18. The Morgan fingerprint density at radius 2 is 1.49 bits per heavy atom. The SMILES string of the molecule is CC[C@H]1OC(=O)[C@H](C)[C@H](O[C@H]2C[C@@](C)(OC)[C@@H](O)[C@H](C)O2)C(C)[C@H](O[C@@H]2O[C@H](C)C[C@H](N(C)C)[C@H]2O)[C@](C)(O)C[C@H](C)C(=O)C(C)[C@@H](O)[C@@]1(C)O. The van der Waals surface area contributed by atoms with E-state index >= 15 is 0 Å². The van der Waals surface area contributed by atoms with Crippen molar-refractivity contribution in [1.82, 2.24) is 4.90 Å². The van der Waals surface area contributed by atoms with E-state index < -0.39 is 108 Å². The minimum absolute atomic E-state index is 0.0936. The van der Waals surface area contributed by atoms with Crippen LogP contribution in [-0.4, -0.2) is 148 Å². The molecule has 0 aromatic carbocycles. The summed E-state index contributed by atoms with van der Waals surface area (Å²) in [6, 6.07) is -0.324. The minimum atomic E-state index is -1.99. The zero-order chi connectivity index (χ0) is 39.0. The number of likely N-dealkylation sites (N-methyl/N-ethyl adjacent to an activating group) is 1. The van der Waals surface area contributed by atoms with Crippen LogP contribution in [0.5, 0.6) is 0 Å². The van der Waals surface area contributed by atoms with Gasteiger partial charge in [-0.1, -0.05) is 27.7 Å². The van der Waals surface area contributed by atoms with Crippen LogP contribution in [0.15, 0.2) is 0 Å². The molecule has 5 N–H and O–H groups in total. The Morgan fingerprint density at radius 1 is 0.882 bits per heavy atom. The third kappa shape index (κ3) is 9.51. The lowest BCUT2D eigenvalue weighted by atomic mass is 9.74. The van der Waals surface area contributed by atoms with Crippen LogP contribution in [0.4, 0.5) is 0 Å². The summed E-state index contributed by atoms with van der Waals surface area (Å²) in [6.45, 7) is 16.3. The third-order valence-corrected chi connectivity index (χ3v) is 11.8. The Bertz CT molecular complexity index is 1170. The second kappa shape index (κ2) is 17.0. The van der Waals surface area contributed by atoms with Gasteiger partial charge in [0.15, 0.2) is 12.6 Å². The zero-order valence-corrected chi connectivity index (χ0v) is 32.9. The van der Waals surface area contributed by atoms with Gasteiger partial charge in [0.25, 0.3) is 0 Å². The average molecular weight is 734 g/mol. The monoisotopic (exact) mass is 733 g/mol. The molecule has 3 saturated heterocycles. The van der Waals surface area contributed by atoms with Gasteiger partial charge in [-0.25, -0.2) is 0 Å². The second-order valence-corrected chi connectivity index (χ2v) is 16.5. The molecule has 14 nitrogen and oxygen atoms in total. The molecule has 0 spiro atoms. The molecule has 0 aromatic rings. The standard InChI is InChI=1S/C37H67NO13/c1-14-25-37(10,45)30(41)20(4)27(39)18(2)16-35(8,44)32(51-34-28(40)24(38(11)12)15-19(3)47-34)21(5)29(22(6)33(43)49-25)50-26-17-36(9,46-13)31(42)23(7)48-26/h18-26,28-32,34,40-42,44-45H,14-17H2,1-13H3/t18-,19+,20?,21?,22+,23-,24-,25+,26-,28+,29+,30+,31-,32-,34-,35+,36+,37-/m0/s1. The summed E-state index contributed by atoms with van der Waals surface area (Å²) in [6.07, 6.45) is -9.71. The smallest absolute Gasteiger partial charge is 0.311 e. The first kappa shape index (κ1) is 44.1. The van der Waals surface area contributed by atoms with Gasteiger partial charge < -0.3 is 58.9 Å². The average Bonchev–Trinajstić information content (AvgIpc) is 3.05. The molecular weight excluding hydrogens is 666 g/mol. The minimum Gasteiger partial charge on any atom is -0.459 e. The summed E-state index contributed by atoms with van der Waals surface area (Å²) in [7, 11) is 5.18. The Labute approximate surface area is 304 Å². The van der Waals surface area contributed by atoms with Gasteiger partial charge in [-0.3, -0.25) is 9.59 Å². The van der Waals surface area contributed by atoms with Crippen LogP contribution in [0.2, 0.25) is 0 Å². The van der Waals surface area contributed by atoms with Gasteiger partial charge in [0.2, 0.25) is 0 Å². The molecule has 3 aliphatic rings. The third-order valence-electron chi connectivity index (χ3n) is 11.8. The van der Waals surface area contributed by atoms with Gasteiger partial charge in [-0.15, -0.1) is 0 Å². The molecular formula is C37H67NO13. The van der Waals surface area contributed by atoms with Crippen molar-refractivity contribution in [2.24, 2.45) is 23.7 Å². The number of aliphatic hydroxyl groups is 5. The first-order valence-corrected chi connectivity index (χ1v) is 18.5. The number of aliphatic hydroxyl groups excluding tert-OH is 3. The number of nitrogens with zero attached hydrogens (tertiary/aromatic N) is 1. The van der Waals surface area contributed by atoms with Gasteiger partial charge in [-0.05, 0) is 74.9 Å². The van der Waals surface area contributed by atoms with Crippen molar-refractivity contribution in [1.29, 1.82) is 0 Å². The van der Waals surface area contributed by atoms with Crippen LogP contribution in [0.25, 0.3) is 0 Å². The predicted molar refractivity (Wildman–Crippen MR) is 186 cm³/mol. The zero-order valence-electron chi connectivity index (χ0n) is 32.9. The number of ketones is 1. The molecule has 3 heterocycles. The summed E-state index contributed by atoms with van der Waals surface area (Å²) in [5, 5.41) is 57.6. The molecule has 2 unspecified atom stereocenters. The van der Waals surface area contributed by atoms with Crippen LogP contribution in [0.1, 0.15) is 94.9 Å². The van der Waals surface area contributed by atoms with E-state index in [1.807, 2.05) is 25.9 Å². The number of ether oxygens (including phenoxy) is 6. The lowest BCUT2D eigenvalue weighted by Gasteiger charge is -2.49. The highest BCUT2D eigenvalue weighted by molar-refractivity contribution is 5.83. The molecule has 0 amide bonds. The Kier molecular flexibility index (Phi) is 14.7. The van der Waals surface area contributed by atoms with Crippen molar-refractivity contribution in [3.63, 3.8) is 0 Å².